The molecule has 0 aliphatic heterocycles. The third-order valence-electron chi connectivity index (χ3n) is 3.50. The zero-order valence-corrected chi connectivity index (χ0v) is 12.9. The van der Waals surface area contributed by atoms with Crippen molar-refractivity contribution in [2.75, 3.05) is 19.6 Å². The lowest BCUT2D eigenvalue weighted by Crippen LogP contribution is -2.37. The second-order valence-corrected chi connectivity index (χ2v) is 6.71. The van der Waals surface area contributed by atoms with Gasteiger partial charge in [0.1, 0.15) is 0 Å². The molecule has 2 nitrogen and oxygen atoms in total. The van der Waals surface area contributed by atoms with Gasteiger partial charge in [-0.3, -0.25) is 0 Å². The number of benzene rings is 1. The number of hydrogen-bond donors (Lipinski definition) is 2. The van der Waals surface area contributed by atoms with Crippen LogP contribution in [0.15, 0.2) is 28.7 Å². The normalized spacial score (nSPS) is 15.9. The molecule has 0 atom stereocenters. The van der Waals surface area contributed by atoms with E-state index >= 15 is 0 Å². The van der Waals surface area contributed by atoms with Crippen molar-refractivity contribution in [3.63, 3.8) is 0 Å². The monoisotopic (exact) mass is 310 g/mol. The van der Waals surface area contributed by atoms with Gasteiger partial charge in [0.2, 0.25) is 0 Å². The second kappa shape index (κ2) is 6.18. The average molecular weight is 311 g/mol. The van der Waals surface area contributed by atoms with Crippen molar-refractivity contribution < 1.29 is 0 Å². The van der Waals surface area contributed by atoms with Crippen molar-refractivity contribution in [2.24, 2.45) is 0 Å². The summed E-state index contributed by atoms with van der Waals surface area (Å²) in [7, 11) is 0. The SMILES string of the molecule is CC(C)(CNCCNC1CC1)c1ccc(Br)cc1. The molecular formula is C15H23BrN2. The molecule has 1 aromatic carbocycles. The van der Waals surface area contributed by atoms with E-state index in [0.29, 0.717) is 0 Å². The van der Waals surface area contributed by atoms with Crippen LogP contribution in [0, 0.1) is 0 Å². The van der Waals surface area contributed by atoms with Crippen LogP contribution < -0.4 is 10.6 Å². The van der Waals surface area contributed by atoms with Crippen LogP contribution in [-0.4, -0.2) is 25.7 Å². The first kappa shape index (κ1) is 14.0. The Morgan fingerprint density at radius 3 is 2.44 bits per heavy atom. The van der Waals surface area contributed by atoms with Crippen LogP contribution in [0.5, 0.6) is 0 Å². The molecule has 0 saturated heterocycles. The van der Waals surface area contributed by atoms with Gasteiger partial charge in [0.05, 0.1) is 0 Å². The molecule has 0 spiro atoms. The molecule has 0 heterocycles. The third kappa shape index (κ3) is 4.38. The van der Waals surface area contributed by atoms with Crippen molar-refractivity contribution in [1.82, 2.24) is 10.6 Å². The summed E-state index contributed by atoms with van der Waals surface area (Å²) in [5, 5.41) is 7.07. The van der Waals surface area contributed by atoms with Crippen LogP contribution in [-0.2, 0) is 5.41 Å². The topological polar surface area (TPSA) is 24.1 Å². The van der Waals surface area contributed by atoms with Crippen molar-refractivity contribution in [2.45, 2.75) is 38.1 Å². The molecule has 1 saturated carbocycles. The Hall–Kier alpha value is -0.380. The maximum Gasteiger partial charge on any atom is 0.0175 e. The molecule has 0 radical (unpaired) electrons. The van der Waals surface area contributed by atoms with E-state index in [1.165, 1.54) is 18.4 Å². The van der Waals surface area contributed by atoms with Crippen molar-refractivity contribution in [3.8, 4) is 0 Å². The minimum absolute atomic E-state index is 0.181. The van der Waals surface area contributed by atoms with Crippen molar-refractivity contribution in [1.29, 1.82) is 0 Å². The summed E-state index contributed by atoms with van der Waals surface area (Å²) in [6, 6.07) is 9.45. The van der Waals surface area contributed by atoms with E-state index in [4.69, 9.17) is 0 Å². The Bertz CT molecular complexity index is 369. The lowest BCUT2D eigenvalue weighted by molar-refractivity contribution is 0.464. The summed E-state index contributed by atoms with van der Waals surface area (Å²) in [6.45, 7) is 7.73. The maximum atomic E-state index is 3.55. The number of hydrogen-bond acceptors (Lipinski definition) is 2. The Kier molecular flexibility index (Phi) is 4.82. The highest BCUT2D eigenvalue weighted by Gasteiger charge is 2.21. The van der Waals surface area contributed by atoms with E-state index in [2.05, 4.69) is 64.7 Å². The molecule has 0 bridgehead atoms. The lowest BCUT2D eigenvalue weighted by atomic mass is 9.85. The molecule has 0 amide bonds. The van der Waals surface area contributed by atoms with Crippen LogP contribution in [0.3, 0.4) is 0 Å². The van der Waals surface area contributed by atoms with Gasteiger partial charge in [0.25, 0.3) is 0 Å². The lowest BCUT2D eigenvalue weighted by Gasteiger charge is -2.26. The Morgan fingerprint density at radius 2 is 1.83 bits per heavy atom. The molecule has 1 aliphatic rings. The van der Waals surface area contributed by atoms with Gasteiger partial charge in [-0.15, -0.1) is 0 Å². The maximum absolute atomic E-state index is 3.55. The molecular weight excluding hydrogens is 288 g/mol. The molecule has 1 fully saturated rings. The van der Waals surface area contributed by atoms with E-state index < -0.39 is 0 Å². The smallest absolute Gasteiger partial charge is 0.0175 e. The molecule has 0 unspecified atom stereocenters. The molecule has 2 N–H and O–H groups in total. The fourth-order valence-electron chi connectivity index (χ4n) is 2.06. The summed E-state index contributed by atoms with van der Waals surface area (Å²) in [6.07, 6.45) is 2.73. The fourth-order valence-corrected chi connectivity index (χ4v) is 2.32. The van der Waals surface area contributed by atoms with E-state index in [1.54, 1.807) is 0 Å². The van der Waals surface area contributed by atoms with Gasteiger partial charge in [0.15, 0.2) is 0 Å². The van der Waals surface area contributed by atoms with Gasteiger partial charge >= 0.3 is 0 Å². The Balaban J connectivity index is 1.73. The van der Waals surface area contributed by atoms with Crippen LogP contribution in [0.25, 0.3) is 0 Å². The van der Waals surface area contributed by atoms with E-state index in [-0.39, 0.29) is 5.41 Å². The van der Waals surface area contributed by atoms with Gasteiger partial charge in [-0.05, 0) is 30.5 Å². The summed E-state index contributed by atoms with van der Waals surface area (Å²) >= 11 is 3.48. The molecule has 1 aromatic rings. The fraction of sp³-hybridized carbons (Fsp3) is 0.600. The Morgan fingerprint density at radius 1 is 1.17 bits per heavy atom. The summed E-state index contributed by atoms with van der Waals surface area (Å²) in [5.74, 6) is 0. The van der Waals surface area contributed by atoms with E-state index in [1.807, 2.05) is 0 Å². The zero-order valence-electron chi connectivity index (χ0n) is 11.3. The predicted molar refractivity (Wildman–Crippen MR) is 81.1 cm³/mol. The van der Waals surface area contributed by atoms with Crippen LogP contribution >= 0.6 is 15.9 Å². The molecule has 0 aromatic heterocycles. The van der Waals surface area contributed by atoms with Gasteiger partial charge < -0.3 is 10.6 Å². The highest BCUT2D eigenvalue weighted by atomic mass is 79.9. The zero-order chi connectivity index (χ0) is 13.0. The van der Waals surface area contributed by atoms with E-state index in [9.17, 15) is 0 Å². The van der Waals surface area contributed by atoms with Crippen LogP contribution in [0.2, 0.25) is 0 Å². The molecule has 3 heteroatoms. The summed E-state index contributed by atoms with van der Waals surface area (Å²) in [4.78, 5) is 0. The van der Waals surface area contributed by atoms with Crippen LogP contribution in [0.4, 0.5) is 0 Å². The molecule has 100 valence electrons. The largest absolute Gasteiger partial charge is 0.315 e. The Labute approximate surface area is 119 Å². The molecule has 2 rings (SSSR count). The number of rotatable bonds is 7. The van der Waals surface area contributed by atoms with Crippen molar-refractivity contribution in [3.05, 3.63) is 34.3 Å². The first-order valence-corrected chi connectivity index (χ1v) is 7.57. The van der Waals surface area contributed by atoms with Gasteiger partial charge in [-0.25, -0.2) is 0 Å². The molecule has 1 aliphatic carbocycles. The quantitative estimate of drug-likeness (QED) is 0.756. The predicted octanol–water partition coefficient (Wildman–Crippen LogP) is 3.07. The second-order valence-electron chi connectivity index (χ2n) is 5.80. The first-order chi connectivity index (χ1) is 8.58. The van der Waals surface area contributed by atoms with Gasteiger partial charge in [0, 0.05) is 35.6 Å². The number of nitrogens with one attached hydrogen (secondary N) is 2. The average Bonchev–Trinajstić information content (AvgIpc) is 3.13. The number of halogens is 1. The molecule has 18 heavy (non-hydrogen) atoms. The summed E-state index contributed by atoms with van der Waals surface area (Å²) < 4.78 is 1.14. The highest BCUT2D eigenvalue weighted by Crippen LogP contribution is 2.24. The highest BCUT2D eigenvalue weighted by molar-refractivity contribution is 9.10. The minimum atomic E-state index is 0.181. The standard InChI is InChI=1S/C15H23BrN2/c1-15(2,12-3-5-13(16)6-4-12)11-17-9-10-18-14-7-8-14/h3-6,14,17-18H,7-11H2,1-2H3. The van der Waals surface area contributed by atoms with Gasteiger partial charge in [-0.1, -0.05) is 41.9 Å². The van der Waals surface area contributed by atoms with Gasteiger partial charge in [-0.2, -0.15) is 0 Å². The first-order valence-electron chi connectivity index (χ1n) is 6.78. The van der Waals surface area contributed by atoms with Crippen LogP contribution in [0.1, 0.15) is 32.3 Å². The van der Waals surface area contributed by atoms with Crippen molar-refractivity contribution >= 4 is 15.9 Å². The van der Waals surface area contributed by atoms with E-state index in [0.717, 1.165) is 30.1 Å². The summed E-state index contributed by atoms with van der Waals surface area (Å²) in [5.41, 5.74) is 1.56. The minimum Gasteiger partial charge on any atom is -0.315 e. The third-order valence-corrected chi connectivity index (χ3v) is 4.03.